The molecule has 1 aromatic heterocycles. The van der Waals surface area contributed by atoms with E-state index in [1.807, 2.05) is 0 Å². The van der Waals surface area contributed by atoms with Gasteiger partial charge in [0.05, 0.1) is 5.56 Å². The van der Waals surface area contributed by atoms with Crippen LogP contribution in [0.4, 0.5) is 5.00 Å². The first-order valence-electron chi connectivity index (χ1n) is 7.53. The normalized spacial score (nSPS) is 21.6. The molecule has 1 atom stereocenters. The molecule has 0 bridgehead atoms. The standard InChI is InChI=1S/C15H20N2O3S/c16-13(18)12-9-5-2-1-3-7-11(9)21-15(12)17-14(19)10-6-4-8-20-10/h10H,1-8H2,(H2,16,18)(H,17,19)/t10-/m0/s1. The SMILES string of the molecule is NC(=O)c1c(NC(=O)[C@@H]2CCCO2)sc2c1CCCCC2. The van der Waals surface area contributed by atoms with Crippen molar-refractivity contribution in [3.63, 3.8) is 0 Å². The molecule has 0 aromatic carbocycles. The lowest BCUT2D eigenvalue weighted by molar-refractivity contribution is -0.124. The van der Waals surface area contributed by atoms with Gasteiger partial charge in [-0.15, -0.1) is 11.3 Å². The lowest BCUT2D eigenvalue weighted by atomic mass is 10.1. The van der Waals surface area contributed by atoms with Gasteiger partial charge >= 0.3 is 0 Å². The molecule has 2 heterocycles. The van der Waals surface area contributed by atoms with Crippen LogP contribution in [0.15, 0.2) is 0 Å². The number of amides is 2. The van der Waals surface area contributed by atoms with E-state index in [-0.39, 0.29) is 5.91 Å². The van der Waals surface area contributed by atoms with Gasteiger partial charge in [0.1, 0.15) is 11.1 Å². The zero-order valence-corrected chi connectivity index (χ0v) is 12.8. The van der Waals surface area contributed by atoms with Crippen LogP contribution in [-0.4, -0.2) is 24.5 Å². The molecular formula is C15H20N2O3S. The van der Waals surface area contributed by atoms with Crippen LogP contribution in [0.3, 0.4) is 0 Å². The van der Waals surface area contributed by atoms with Crippen LogP contribution in [0.5, 0.6) is 0 Å². The average molecular weight is 308 g/mol. The molecule has 2 amide bonds. The summed E-state index contributed by atoms with van der Waals surface area (Å²) in [6.45, 7) is 0.627. The molecule has 1 fully saturated rings. The van der Waals surface area contributed by atoms with Gasteiger partial charge in [0.15, 0.2) is 0 Å². The number of anilines is 1. The quantitative estimate of drug-likeness (QED) is 0.840. The molecule has 114 valence electrons. The second-order valence-electron chi connectivity index (χ2n) is 5.62. The largest absolute Gasteiger partial charge is 0.368 e. The van der Waals surface area contributed by atoms with Gasteiger partial charge in [-0.1, -0.05) is 6.42 Å². The molecule has 0 unspecified atom stereocenters. The zero-order valence-electron chi connectivity index (χ0n) is 11.9. The molecule has 5 nitrogen and oxygen atoms in total. The van der Waals surface area contributed by atoms with Crippen LogP contribution in [-0.2, 0) is 22.4 Å². The van der Waals surface area contributed by atoms with Crippen molar-refractivity contribution < 1.29 is 14.3 Å². The van der Waals surface area contributed by atoms with Crippen LogP contribution >= 0.6 is 11.3 Å². The summed E-state index contributed by atoms with van der Waals surface area (Å²) >= 11 is 1.50. The second kappa shape index (κ2) is 6.15. The number of aryl methyl sites for hydroxylation is 1. The van der Waals surface area contributed by atoms with E-state index < -0.39 is 12.0 Å². The van der Waals surface area contributed by atoms with Crippen molar-refractivity contribution in [1.29, 1.82) is 0 Å². The molecule has 2 aliphatic rings. The maximum absolute atomic E-state index is 12.2. The van der Waals surface area contributed by atoms with Crippen molar-refractivity contribution in [2.75, 3.05) is 11.9 Å². The van der Waals surface area contributed by atoms with Crippen molar-refractivity contribution in [1.82, 2.24) is 0 Å². The number of hydrogen-bond donors (Lipinski definition) is 2. The fourth-order valence-electron chi connectivity index (χ4n) is 3.07. The molecule has 1 aliphatic heterocycles. The Labute approximate surface area is 127 Å². The molecule has 1 aliphatic carbocycles. The van der Waals surface area contributed by atoms with E-state index in [1.54, 1.807) is 0 Å². The first kappa shape index (κ1) is 14.5. The monoisotopic (exact) mass is 308 g/mol. The lowest BCUT2D eigenvalue weighted by Crippen LogP contribution is -2.27. The Morgan fingerprint density at radius 1 is 1.19 bits per heavy atom. The molecule has 21 heavy (non-hydrogen) atoms. The third-order valence-corrected chi connectivity index (χ3v) is 5.33. The molecule has 3 N–H and O–H groups in total. The maximum atomic E-state index is 12.2. The van der Waals surface area contributed by atoms with E-state index in [0.717, 1.165) is 44.1 Å². The van der Waals surface area contributed by atoms with E-state index in [2.05, 4.69) is 5.32 Å². The molecule has 3 rings (SSSR count). The molecule has 0 radical (unpaired) electrons. The molecule has 0 saturated carbocycles. The van der Waals surface area contributed by atoms with Crippen molar-refractivity contribution in [2.24, 2.45) is 5.73 Å². The predicted octanol–water partition coefficient (Wildman–Crippen LogP) is 2.23. The van der Waals surface area contributed by atoms with Gasteiger partial charge in [0.2, 0.25) is 0 Å². The summed E-state index contributed by atoms with van der Waals surface area (Å²) in [5.74, 6) is -0.608. The smallest absolute Gasteiger partial charge is 0.254 e. The van der Waals surface area contributed by atoms with Gasteiger partial charge < -0.3 is 15.8 Å². The number of primary amides is 1. The third-order valence-electron chi connectivity index (χ3n) is 4.13. The Morgan fingerprint density at radius 3 is 2.71 bits per heavy atom. The highest BCUT2D eigenvalue weighted by atomic mass is 32.1. The van der Waals surface area contributed by atoms with Gasteiger partial charge in [-0.2, -0.15) is 0 Å². The minimum atomic E-state index is -0.447. The number of nitrogens with one attached hydrogen (secondary N) is 1. The van der Waals surface area contributed by atoms with E-state index >= 15 is 0 Å². The summed E-state index contributed by atoms with van der Waals surface area (Å²) in [7, 11) is 0. The summed E-state index contributed by atoms with van der Waals surface area (Å²) in [5.41, 5.74) is 7.11. The van der Waals surface area contributed by atoms with E-state index in [0.29, 0.717) is 17.2 Å². The molecule has 0 spiro atoms. The number of nitrogens with two attached hydrogens (primary N) is 1. The van der Waals surface area contributed by atoms with Crippen LogP contribution in [0.2, 0.25) is 0 Å². The fraction of sp³-hybridized carbons (Fsp3) is 0.600. The molecular weight excluding hydrogens is 288 g/mol. The summed E-state index contributed by atoms with van der Waals surface area (Å²) in [6.07, 6.45) is 6.47. The first-order chi connectivity index (χ1) is 10.2. The van der Waals surface area contributed by atoms with Crippen LogP contribution in [0.25, 0.3) is 0 Å². The van der Waals surface area contributed by atoms with E-state index in [4.69, 9.17) is 10.5 Å². The number of ether oxygens (including phenoxy) is 1. The van der Waals surface area contributed by atoms with Gasteiger partial charge in [-0.05, 0) is 44.1 Å². The van der Waals surface area contributed by atoms with E-state index in [1.165, 1.54) is 22.6 Å². The van der Waals surface area contributed by atoms with Crippen LogP contribution in [0.1, 0.15) is 52.9 Å². The molecule has 6 heteroatoms. The number of thiophene rings is 1. The topological polar surface area (TPSA) is 81.4 Å². The highest BCUT2D eigenvalue weighted by molar-refractivity contribution is 7.17. The molecule has 1 aromatic rings. The fourth-order valence-corrected chi connectivity index (χ4v) is 4.37. The highest BCUT2D eigenvalue weighted by Gasteiger charge is 2.28. The van der Waals surface area contributed by atoms with Crippen molar-refractivity contribution in [3.05, 3.63) is 16.0 Å². The van der Waals surface area contributed by atoms with Gasteiger partial charge in [-0.25, -0.2) is 0 Å². The Morgan fingerprint density at radius 2 is 2.00 bits per heavy atom. The minimum absolute atomic E-state index is 0.161. The van der Waals surface area contributed by atoms with Crippen molar-refractivity contribution >= 4 is 28.2 Å². The Kier molecular flexibility index (Phi) is 4.26. The van der Waals surface area contributed by atoms with Crippen LogP contribution in [0, 0.1) is 0 Å². The van der Waals surface area contributed by atoms with Crippen LogP contribution < -0.4 is 11.1 Å². The second-order valence-corrected chi connectivity index (χ2v) is 6.73. The summed E-state index contributed by atoms with van der Waals surface area (Å²) in [6, 6.07) is 0. The van der Waals surface area contributed by atoms with Crippen molar-refractivity contribution in [3.8, 4) is 0 Å². The van der Waals surface area contributed by atoms with Crippen molar-refractivity contribution in [2.45, 2.75) is 51.0 Å². The maximum Gasteiger partial charge on any atom is 0.254 e. The average Bonchev–Trinajstić information content (AvgIpc) is 3.02. The number of carbonyl (C=O) groups excluding carboxylic acids is 2. The number of carbonyl (C=O) groups is 2. The Hall–Kier alpha value is -1.40. The summed E-state index contributed by atoms with van der Waals surface area (Å²) < 4.78 is 5.39. The summed E-state index contributed by atoms with van der Waals surface area (Å²) in [5, 5.41) is 3.47. The highest BCUT2D eigenvalue weighted by Crippen LogP contribution is 2.37. The predicted molar refractivity (Wildman–Crippen MR) is 81.7 cm³/mol. The van der Waals surface area contributed by atoms with Gasteiger partial charge in [0, 0.05) is 11.5 Å². The summed E-state index contributed by atoms with van der Waals surface area (Å²) in [4.78, 5) is 25.2. The minimum Gasteiger partial charge on any atom is -0.368 e. The Balaban J connectivity index is 1.87. The number of hydrogen-bond acceptors (Lipinski definition) is 4. The first-order valence-corrected chi connectivity index (χ1v) is 8.35. The number of fused-ring (bicyclic) bond motifs is 1. The number of rotatable bonds is 3. The Bertz CT molecular complexity index is 562. The zero-order chi connectivity index (χ0) is 14.8. The lowest BCUT2D eigenvalue weighted by Gasteiger charge is -2.10. The van der Waals surface area contributed by atoms with Gasteiger partial charge in [0.25, 0.3) is 11.8 Å². The third kappa shape index (κ3) is 2.96. The van der Waals surface area contributed by atoms with Gasteiger partial charge in [-0.3, -0.25) is 9.59 Å². The van der Waals surface area contributed by atoms with E-state index in [9.17, 15) is 9.59 Å². The molecule has 1 saturated heterocycles.